The predicted molar refractivity (Wildman–Crippen MR) is 76.0 cm³/mol. The van der Waals surface area contributed by atoms with Crippen LogP contribution in [0.2, 0.25) is 0 Å². The Balaban J connectivity index is 1.59. The summed E-state index contributed by atoms with van der Waals surface area (Å²) < 4.78 is 6.76. The Hall–Kier alpha value is -1.72. The van der Waals surface area contributed by atoms with Gasteiger partial charge in [0.25, 0.3) is 0 Å². The Kier molecular flexibility index (Phi) is 3.57. The summed E-state index contributed by atoms with van der Waals surface area (Å²) in [6, 6.07) is 8.18. The second-order valence-corrected chi connectivity index (χ2v) is 5.37. The molecule has 3 aromatic rings. The van der Waals surface area contributed by atoms with Crippen LogP contribution in [0, 0.1) is 0 Å². The quantitative estimate of drug-likeness (QED) is 0.776. The van der Waals surface area contributed by atoms with Crippen molar-refractivity contribution in [1.82, 2.24) is 15.3 Å². The van der Waals surface area contributed by atoms with E-state index in [-0.39, 0.29) is 0 Å². The van der Waals surface area contributed by atoms with Crippen molar-refractivity contribution in [3.8, 4) is 0 Å². The molecule has 3 rings (SSSR count). The first-order valence-corrected chi connectivity index (χ1v) is 7.15. The van der Waals surface area contributed by atoms with E-state index < -0.39 is 0 Å². The number of hydrogen-bond donors (Lipinski definition) is 1. The number of nitrogens with one attached hydrogen (secondary N) is 1. The predicted octanol–water partition coefficient (Wildman–Crippen LogP) is 3.14. The Morgan fingerprint density at radius 3 is 2.95 bits per heavy atom. The minimum absolute atomic E-state index is 0.635. The van der Waals surface area contributed by atoms with Gasteiger partial charge in [-0.2, -0.15) is 0 Å². The van der Waals surface area contributed by atoms with E-state index in [0.29, 0.717) is 6.54 Å². The first kappa shape index (κ1) is 12.3. The molecule has 0 aliphatic carbocycles. The van der Waals surface area contributed by atoms with Gasteiger partial charge in [-0.1, -0.05) is 19.1 Å². The molecule has 1 aromatic carbocycles. The highest BCUT2D eigenvalue weighted by Gasteiger charge is 2.04. The van der Waals surface area contributed by atoms with Crippen LogP contribution < -0.4 is 5.32 Å². The largest absolute Gasteiger partial charge is 0.444 e. The molecule has 4 nitrogen and oxygen atoms in total. The fraction of sp³-hybridized carbons (Fsp3) is 0.286. The van der Waals surface area contributed by atoms with Gasteiger partial charge in [0.15, 0.2) is 0 Å². The molecule has 0 fully saturated rings. The molecule has 0 saturated carbocycles. The molecule has 98 valence electrons. The van der Waals surface area contributed by atoms with Crippen LogP contribution in [0.5, 0.6) is 0 Å². The number of para-hydroxylation sites is 1. The molecule has 1 N–H and O–H groups in total. The van der Waals surface area contributed by atoms with E-state index in [1.165, 1.54) is 4.70 Å². The first-order valence-electron chi connectivity index (χ1n) is 6.34. The van der Waals surface area contributed by atoms with Crippen molar-refractivity contribution in [3.05, 3.63) is 47.1 Å². The zero-order valence-electron chi connectivity index (χ0n) is 10.7. The molecule has 0 saturated heterocycles. The zero-order chi connectivity index (χ0) is 13.1. The lowest BCUT2D eigenvalue weighted by Gasteiger charge is -1.97. The third kappa shape index (κ3) is 2.83. The number of nitrogens with zero attached hydrogens (tertiary/aromatic N) is 2. The molecule has 0 radical (unpaired) electrons. The van der Waals surface area contributed by atoms with E-state index in [0.717, 1.165) is 35.1 Å². The molecule has 0 bridgehead atoms. The molecule has 2 aromatic heterocycles. The van der Waals surface area contributed by atoms with Crippen LogP contribution in [0.25, 0.3) is 10.2 Å². The fourth-order valence-corrected chi connectivity index (χ4v) is 2.80. The summed E-state index contributed by atoms with van der Waals surface area (Å²) in [6.07, 6.45) is 2.67. The summed E-state index contributed by atoms with van der Waals surface area (Å²) in [5, 5.41) is 4.39. The van der Waals surface area contributed by atoms with Gasteiger partial charge < -0.3 is 9.73 Å². The Morgan fingerprint density at radius 1 is 1.26 bits per heavy atom. The van der Waals surface area contributed by atoms with Gasteiger partial charge in [-0.05, 0) is 12.1 Å². The van der Waals surface area contributed by atoms with E-state index in [2.05, 4.69) is 28.3 Å². The molecule has 5 heteroatoms. The summed E-state index contributed by atoms with van der Waals surface area (Å²) in [5.41, 5.74) is 1.06. The molecule has 0 atom stereocenters. The monoisotopic (exact) mass is 273 g/mol. The molecule has 0 unspecified atom stereocenters. The second kappa shape index (κ2) is 5.50. The Bertz CT molecular complexity index is 641. The highest BCUT2D eigenvalue weighted by Crippen LogP contribution is 2.21. The topological polar surface area (TPSA) is 51.0 Å². The maximum absolute atomic E-state index is 5.54. The summed E-state index contributed by atoms with van der Waals surface area (Å²) in [7, 11) is 0. The van der Waals surface area contributed by atoms with Crippen molar-refractivity contribution in [1.29, 1.82) is 0 Å². The van der Waals surface area contributed by atoms with Crippen molar-refractivity contribution < 1.29 is 4.42 Å². The SMILES string of the molecule is CCc1cnc(CNCc2nc3ccccc3s2)o1. The number of aryl methyl sites for hydroxylation is 1. The van der Waals surface area contributed by atoms with Crippen molar-refractivity contribution in [2.45, 2.75) is 26.4 Å². The molecule has 19 heavy (non-hydrogen) atoms. The fourth-order valence-electron chi connectivity index (χ4n) is 1.87. The van der Waals surface area contributed by atoms with Crippen LogP contribution in [0.3, 0.4) is 0 Å². The van der Waals surface area contributed by atoms with Gasteiger partial charge >= 0.3 is 0 Å². The van der Waals surface area contributed by atoms with Crippen molar-refractivity contribution in [3.63, 3.8) is 0 Å². The number of hydrogen-bond acceptors (Lipinski definition) is 5. The van der Waals surface area contributed by atoms with Crippen LogP contribution >= 0.6 is 11.3 Å². The lowest BCUT2D eigenvalue weighted by Crippen LogP contribution is -2.12. The van der Waals surface area contributed by atoms with Crippen LogP contribution in [0.1, 0.15) is 23.6 Å². The van der Waals surface area contributed by atoms with Crippen LogP contribution in [-0.4, -0.2) is 9.97 Å². The van der Waals surface area contributed by atoms with Crippen LogP contribution in [0.4, 0.5) is 0 Å². The van der Waals surface area contributed by atoms with Crippen LogP contribution in [0.15, 0.2) is 34.9 Å². The number of aromatic nitrogens is 2. The minimum Gasteiger partial charge on any atom is -0.444 e. The maximum Gasteiger partial charge on any atom is 0.208 e. The third-order valence-electron chi connectivity index (χ3n) is 2.84. The molecular weight excluding hydrogens is 258 g/mol. The zero-order valence-corrected chi connectivity index (χ0v) is 11.5. The van der Waals surface area contributed by atoms with Crippen LogP contribution in [-0.2, 0) is 19.5 Å². The average molecular weight is 273 g/mol. The summed E-state index contributed by atoms with van der Waals surface area (Å²) >= 11 is 1.72. The van der Waals surface area contributed by atoms with Gasteiger partial charge in [-0.25, -0.2) is 9.97 Å². The number of oxazole rings is 1. The smallest absolute Gasteiger partial charge is 0.208 e. The highest BCUT2D eigenvalue weighted by molar-refractivity contribution is 7.18. The van der Waals surface area contributed by atoms with E-state index in [1.54, 1.807) is 17.5 Å². The second-order valence-electron chi connectivity index (χ2n) is 4.25. The van der Waals surface area contributed by atoms with Gasteiger partial charge in [0.05, 0.1) is 23.0 Å². The highest BCUT2D eigenvalue weighted by atomic mass is 32.1. The summed E-state index contributed by atoms with van der Waals surface area (Å²) in [6.45, 7) is 3.43. The number of rotatable bonds is 5. The van der Waals surface area contributed by atoms with Gasteiger partial charge in [-0.15, -0.1) is 11.3 Å². The maximum atomic E-state index is 5.54. The van der Waals surface area contributed by atoms with Gasteiger partial charge in [0.2, 0.25) is 5.89 Å². The third-order valence-corrected chi connectivity index (χ3v) is 3.88. The summed E-state index contributed by atoms with van der Waals surface area (Å²) in [5.74, 6) is 1.66. The van der Waals surface area contributed by atoms with Gasteiger partial charge in [0, 0.05) is 13.0 Å². The Morgan fingerprint density at radius 2 is 2.16 bits per heavy atom. The van der Waals surface area contributed by atoms with E-state index >= 15 is 0 Å². The molecule has 2 heterocycles. The lowest BCUT2D eigenvalue weighted by molar-refractivity contribution is 0.439. The molecule has 0 aliphatic rings. The van der Waals surface area contributed by atoms with E-state index in [9.17, 15) is 0 Å². The lowest BCUT2D eigenvalue weighted by atomic mass is 10.3. The van der Waals surface area contributed by atoms with Crippen molar-refractivity contribution in [2.24, 2.45) is 0 Å². The minimum atomic E-state index is 0.635. The molecule has 0 aliphatic heterocycles. The van der Waals surface area contributed by atoms with Gasteiger partial charge in [0.1, 0.15) is 10.8 Å². The number of thiazole rings is 1. The van der Waals surface area contributed by atoms with Crippen molar-refractivity contribution in [2.75, 3.05) is 0 Å². The number of fused-ring (bicyclic) bond motifs is 1. The van der Waals surface area contributed by atoms with E-state index in [4.69, 9.17) is 4.42 Å². The summed E-state index contributed by atoms with van der Waals surface area (Å²) in [4.78, 5) is 8.79. The molecule has 0 spiro atoms. The first-order chi connectivity index (χ1) is 9.35. The number of benzene rings is 1. The van der Waals surface area contributed by atoms with Crippen molar-refractivity contribution >= 4 is 21.6 Å². The van der Waals surface area contributed by atoms with Gasteiger partial charge in [-0.3, -0.25) is 0 Å². The van der Waals surface area contributed by atoms with E-state index in [1.807, 2.05) is 18.2 Å². The standard InChI is InChI=1S/C14H15N3OS/c1-2-10-7-16-13(18-10)8-15-9-14-17-11-5-3-4-6-12(11)19-14/h3-7,15H,2,8-9H2,1H3. The Labute approximate surface area is 115 Å². The normalized spacial score (nSPS) is 11.2. The molecule has 0 amide bonds. The molecular formula is C14H15N3OS. The average Bonchev–Trinajstić information content (AvgIpc) is 3.04.